The summed E-state index contributed by atoms with van der Waals surface area (Å²) in [6.45, 7) is 2.08. The van der Waals surface area contributed by atoms with Crippen molar-refractivity contribution in [3.8, 4) is 0 Å². The van der Waals surface area contributed by atoms with E-state index in [1.165, 1.54) is 0 Å². The number of esters is 1. The Morgan fingerprint density at radius 3 is 3.11 bits per heavy atom. The zero-order chi connectivity index (χ0) is 13.4. The quantitative estimate of drug-likeness (QED) is 0.533. The molecule has 96 valence electrons. The largest absolute Gasteiger partial charge is 0.462 e. The molecule has 5 nitrogen and oxygen atoms in total. The maximum absolute atomic E-state index is 11.8. The highest BCUT2D eigenvalue weighted by Gasteiger charge is 2.16. The van der Waals surface area contributed by atoms with E-state index >= 15 is 0 Å². The first-order chi connectivity index (χ1) is 9.22. The van der Waals surface area contributed by atoms with Gasteiger partial charge in [0.25, 0.3) is 0 Å². The molecule has 0 aromatic carbocycles. The number of hydrogen-bond acceptors (Lipinski definition) is 4. The number of halogens is 1. The molecule has 0 radical (unpaired) electrons. The van der Waals surface area contributed by atoms with Crippen LogP contribution in [0.25, 0.3) is 16.6 Å². The van der Waals surface area contributed by atoms with Crippen LogP contribution in [0.1, 0.15) is 17.3 Å². The minimum atomic E-state index is -0.406. The number of aromatic nitrogens is 3. The number of fused-ring (bicyclic) bond motifs is 3. The third-order valence-corrected chi connectivity index (χ3v) is 3.13. The maximum atomic E-state index is 11.8. The Morgan fingerprint density at radius 1 is 1.47 bits per heavy atom. The van der Waals surface area contributed by atoms with Gasteiger partial charge in [0.1, 0.15) is 10.7 Å². The third-order valence-electron chi connectivity index (χ3n) is 2.84. The first-order valence-electron chi connectivity index (χ1n) is 5.79. The van der Waals surface area contributed by atoms with E-state index in [-0.39, 0.29) is 0 Å². The molecule has 0 amide bonds. The Balaban J connectivity index is 2.33. The van der Waals surface area contributed by atoms with Crippen LogP contribution in [0, 0.1) is 0 Å². The normalized spacial score (nSPS) is 11.1. The van der Waals surface area contributed by atoms with Crippen LogP contribution in [0.15, 0.2) is 30.7 Å². The Kier molecular flexibility index (Phi) is 2.83. The summed E-state index contributed by atoms with van der Waals surface area (Å²) < 4.78 is 6.77. The SMILES string of the molecule is CCOC(=O)c1ccn2c1nc(Cl)c1ccncc12. The van der Waals surface area contributed by atoms with E-state index in [1.807, 2.05) is 0 Å². The van der Waals surface area contributed by atoms with Crippen LogP contribution in [0.4, 0.5) is 0 Å². The van der Waals surface area contributed by atoms with Crippen LogP contribution in [0.5, 0.6) is 0 Å². The van der Waals surface area contributed by atoms with Crippen molar-refractivity contribution in [3.05, 3.63) is 41.4 Å². The van der Waals surface area contributed by atoms with E-state index in [1.54, 1.807) is 42.0 Å². The molecule has 0 unspecified atom stereocenters. The summed E-state index contributed by atoms with van der Waals surface area (Å²) in [6, 6.07) is 3.46. The van der Waals surface area contributed by atoms with Gasteiger partial charge in [0.05, 0.1) is 18.3 Å². The topological polar surface area (TPSA) is 56.5 Å². The van der Waals surface area contributed by atoms with Gasteiger partial charge in [0.15, 0.2) is 5.65 Å². The fraction of sp³-hybridized carbons (Fsp3) is 0.154. The molecule has 0 N–H and O–H groups in total. The zero-order valence-electron chi connectivity index (χ0n) is 10.1. The van der Waals surface area contributed by atoms with Crippen molar-refractivity contribution >= 4 is 34.1 Å². The minimum absolute atomic E-state index is 0.318. The molecule has 6 heteroatoms. The Bertz CT molecular complexity index is 782. The second-order valence-corrected chi connectivity index (χ2v) is 4.30. The monoisotopic (exact) mass is 275 g/mol. The summed E-state index contributed by atoms with van der Waals surface area (Å²) in [6.07, 6.45) is 5.09. The van der Waals surface area contributed by atoms with Gasteiger partial charge in [-0.1, -0.05) is 11.6 Å². The fourth-order valence-corrected chi connectivity index (χ4v) is 2.25. The Hall–Kier alpha value is -2.14. The summed E-state index contributed by atoms with van der Waals surface area (Å²) in [5, 5.41) is 1.13. The molecule has 0 saturated carbocycles. The van der Waals surface area contributed by atoms with Crippen molar-refractivity contribution in [1.29, 1.82) is 0 Å². The number of hydrogen-bond donors (Lipinski definition) is 0. The average Bonchev–Trinajstić information content (AvgIpc) is 2.83. The lowest BCUT2D eigenvalue weighted by atomic mass is 10.3. The molecule has 3 aromatic rings. The van der Waals surface area contributed by atoms with E-state index in [0.29, 0.717) is 23.0 Å². The van der Waals surface area contributed by atoms with Crippen LogP contribution in [0.2, 0.25) is 5.15 Å². The highest BCUT2D eigenvalue weighted by Crippen LogP contribution is 2.24. The highest BCUT2D eigenvalue weighted by molar-refractivity contribution is 6.34. The van der Waals surface area contributed by atoms with Crippen molar-refractivity contribution in [2.45, 2.75) is 6.92 Å². The third kappa shape index (κ3) is 1.82. The molecule has 19 heavy (non-hydrogen) atoms. The van der Waals surface area contributed by atoms with Crippen molar-refractivity contribution in [1.82, 2.24) is 14.4 Å². The summed E-state index contributed by atoms with van der Waals surface area (Å²) in [5.41, 5.74) is 1.67. The van der Waals surface area contributed by atoms with Gasteiger partial charge in [-0.3, -0.25) is 9.38 Å². The molecule has 0 aliphatic heterocycles. The summed E-state index contributed by atoms with van der Waals surface area (Å²) in [5.74, 6) is -0.406. The first-order valence-corrected chi connectivity index (χ1v) is 6.17. The second kappa shape index (κ2) is 4.51. The molecule has 0 spiro atoms. The van der Waals surface area contributed by atoms with Crippen molar-refractivity contribution in [2.24, 2.45) is 0 Å². The number of carbonyl (C=O) groups excluding carboxylic acids is 1. The molecule has 0 aliphatic carbocycles. The Morgan fingerprint density at radius 2 is 2.32 bits per heavy atom. The molecule has 3 aromatic heterocycles. The van der Waals surface area contributed by atoms with Crippen LogP contribution >= 0.6 is 11.6 Å². The number of ether oxygens (including phenoxy) is 1. The molecule has 3 heterocycles. The molecular formula is C13H10ClN3O2. The smallest absolute Gasteiger partial charge is 0.341 e. The molecule has 0 atom stereocenters. The molecule has 0 fully saturated rings. The molecular weight excluding hydrogens is 266 g/mol. The van der Waals surface area contributed by atoms with Crippen LogP contribution in [0.3, 0.4) is 0 Å². The predicted molar refractivity (Wildman–Crippen MR) is 71.5 cm³/mol. The van der Waals surface area contributed by atoms with Gasteiger partial charge >= 0.3 is 5.97 Å². The van der Waals surface area contributed by atoms with Crippen LogP contribution < -0.4 is 0 Å². The van der Waals surface area contributed by atoms with Crippen molar-refractivity contribution in [3.63, 3.8) is 0 Å². The summed E-state index contributed by atoms with van der Waals surface area (Å²) >= 11 is 6.14. The molecule has 0 bridgehead atoms. The maximum Gasteiger partial charge on any atom is 0.341 e. The summed E-state index contributed by atoms with van der Waals surface area (Å²) in [7, 11) is 0. The van der Waals surface area contributed by atoms with Gasteiger partial charge in [-0.05, 0) is 19.1 Å². The van der Waals surface area contributed by atoms with Gasteiger partial charge < -0.3 is 4.74 Å². The van der Waals surface area contributed by atoms with E-state index in [0.717, 1.165) is 10.9 Å². The van der Waals surface area contributed by atoms with Crippen LogP contribution in [-0.2, 0) is 4.74 Å². The number of nitrogens with zero attached hydrogens (tertiary/aromatic N) is 3. The van der Waals surface area contributed by atoms with Gasteiger partial charge in [0, 0.05) is 17.8 Å². The Labute approximate surface area is 113 Å². The van der Waals surface area contributed by atoms with Gasteiger partial charge in [-0.25, -0.2) is 9.78 Å². The van der Waals surface area contributed by atoms with Gasteiger partial charge in [0.2, 0.25) is 0 Å². The van der Waals surface area contributed by atoms with Crippen LogP contribution in [-0.4, -0.2) is 26.9 Å². The molecule has 3 rings (SSSR count). The zero-order valence-corrected chi connectivity index (χ0v) is 10.9. The molecule has 0 saturated heterocycles. The number of pyridine rings is 1. The van der Waals surface area contributed by atoms with Gasteiger partial charge in [-0.2, -0.15) is 0 Å². The fourth-order valence-electron chi connectivity index (χ4n) is 2.01. The standard InChI is InChI=1S/C13H10ClN3O2/c1-2-19-13(18)9-4-6-17-10-7-15-5-3-8(10)11(14)16-12(9)17/h3-7H,2H2,1H3. The lowest BCUT2D eigenvalue weighted by Crippen LogP contribution is -2.05. The molecule has 0 aliphatic rings. The van der Waals surface area contributed by atoms with Crippen molar-refractivity contribution < 1.29 is 9.53 Å². The lowest BCUT2D eigenvalue weighted by molar-refractivity contribution is 0.0528. The van der Waals surface area contributed by atoms with E-state index in [9.17, 15) is 4.79 Å². The van der Waals surface area contributed by atoms with Gasteiger partial charge in [-0.15, -0.1) is 0 Å². The lowest BCUT2D eigenvalue weighted by Gasteiger charge is -2.05. The van der Waals surface area contributed by atoms with E-state index < -0.39 is 5.97 Å². The van der Waals surface area contributed by atoms with E-state index in [4.69, 9.17) is 16.3 Å². The van der Waals surface area contributed by atoms with E-state index in [2.05, 4.69) is 9.97 Å². The predicted octanol–water partition coefficient (Wildman–Crippen LogP) is 2.71. The summed E-state index contributed by atoms with van der Waals surface area (Å²) in [4.78, 5) is 20.2. The average molecular weight is 276 g/mol. The first kappa shape index (κ1) is 11.9. The highest BCUT2D eigenvalue weighted by atomic mass is 35.5. The van der Waals surface area contributed by atoms with Crippen molar-refractivity contribution in [2.75, 3.05) is 6.61 Å². The number of rotatable bonds is 2. The number of carbonyl (C=O) groups is 1. The second-order valence-electron chi connectivity index (χ2n) is 3.94. The minimum Gasteiger partial charge on any atom is -0.462 e.